The maximum atomic E-state index is 6.10. The molecule has 0 aromatic carbocycles. The predicted molar refractivity (Wildman–Crippen MR) is 104 cm³/mol. The molecule has 1 saturated heterocycles. The molecule has 0 amide bonds. The lowest BCUT2D eigenvalue weighted by molar-refractivity contribution is -0.0248. The van der Waals surface area contributed by atoms with E-state index in [1.807, 2.05) is 35.3 Å². The highest BCUT2D eigenvalue weighted by Crippen LogP contribution is 2.28. The molecule has 1 fully saturated rings. The molecule has 3 aromatic rings. The van der Waals surface area contributed by atoms with Crippen molar-refractivity contribution in [3.63, 3.8) is 0 Å². The van der Waals surface area contributed by atoms with Crippen molar-refractivity contribution >= 4 is 10.9 Å². The van der Waals surface area contributed by atoms with Crippen molar-refractivity contribution in [1.29, 1.82) is 0 Å². The number of nitrogens with one attached hydrogen (secondary N) is 1. The fourth-order valence-electron chi connectivity index (χ4n) is 3.18. The van der Waals surface area contributed by atoms with E-state index in [1.165, 1.54) is 0 Å². The van der Waals surface area contributed by atoms with Gasteiger partial charge in [0.15, 0.2) is 0 Å². The van der Waals surface area contributed by atoms with Crippen LogP contribution in [-0.2, 0) is 4.74 Å². The van der Waals surface area contributed by atoms with Gasteiger partial charge >= 0.3 is 0 Å². The Morgan fingerprint density at radius 1 is 1.41 bits per heavy atom. The third-order valence-corrected chi connectivity index (χ3v) is 4.83. The Balaban J connectivity index is 1.65. The molecule has 4 heterocycles. The quantitative estimate of drug-likeness (QED) is 0.747. The van der Waals surface area contributed by atoms with Gasteiger partial charge in [-0.05, 0) is 39.0 Å². The van der Waals surface area contributed by atoms with Gasteiger partial charge in [0.25, 0.3) is 0 Å². The smallest absolute Gasteiger partial charge is 0.223 e. The Kier molecular flexibility index (Phi) is 5.05. The lowest BCUT2D eigenvalue weighted by atomic mass is 10.1. The van der Waals surface area contributed by atoms with Gasteiger partial charge in [-0.25, -0.2) is 4.98 Å². The van der Waals surface area contributed by atoms with Crippen molar-refractivity contribution in [3.05, 3.63) is 36.8 Å². The van der Waals surface area contributed by atoms with E-state index in [2.05, 4.69) is 36.2 Å². The second-order valence-electron chi connectivity index (χ2n) is 7.15. The molecular formula is C20H25N5O2. The summed E-state index contributed by atoms with van der Waals surface area (Å²) in [5.41, 5.74) is 2.61. The molecule has 3 aromatic heterocycles. The largest absolute Gasteiger partial charge is 0.474 e. The third-order valence-electron chi connectivity index (χ3n) is 4.83. The van der Waals surface area contributed by atoms with Gasteiger partial charge in [0.2, 0.25) is 5.88 Å². The van der Waals surface area contributed by atoms with E-state index >= 15 is 0 Å². The molecule has 2 atom stereocenters. The summed E-state index contributed by atoms with van der Waals surface area (Å²) in [6.07, 6.45) is 5.61. The summed E-state index contributed by atoms with van der Waals surface area (Å²) >= 11 is 0. The number of nitrogens with zero attached hydrogens (tertiary/aromatic N) is 4. The van der Waals surface area contributed by atoms with Gasteiger partial charge in [0, 0.05) is 36.6 Å². The van der Waals surface area contributed by atoms with Crippen LogP contribution in [0.1, 0.15) is 26.8 Å². The Labute approximate surface area is 158 Å². The lowest BCUT2D eigenvalue weighted by Gasteiger charge is -2.30. The molecule has 0 unspecified atom stereocenters. The molecule has 1 aliphatic rings. The summed E-state index contributed by atoms with van der Waals surface area (Å²) in [5.74, 6) is 0.578. The molecule has 0 bridgehead atoms. The number of morpholine rings is 1. The van der Waals surface area contributed by atoms with Crippen LogP contribution < -0.4 is 10.1 Å². The summed E-state index contributed by atoms with van der Waals surface area (Å²) in [4.78, 5) is 9.25. The molecule has 4 rings (SSSR count). The van der Waals surface area contributed by atoms with Crippen LogP contribution >= 0.6 is 0 Å². The zero-order chi connectivity index (χ0) is 18.8. The zero-order valence-electron chi connectivity index (χ0n) is 15.9. The Hall–Kier alpha value is -2.51. The van der Waals surface area contributed by atoms with Crippen LogP contribution in [0.2, 0.25) is 0 Å². The zero-order valence-corrected chi connectivity index (χ0v) is 15.9. The first-order valence-electron chi connectivity index (χ1n) is 9.40. The van der Waals surface area contributed by atoms with Crippen LogP contribution in [0.15, 0.2) is 36.8 Å². The minimum atomic E-state index is -0.000353. The Morgan fingerprint density at radius 3 is 3.07 bits per heavy atom. The molecule has 0 aliphatic carbocycles. The van der Waals surface area contributed by atoms with Crippen LogP contribution in [0.25, 0.3) is 22.2 Å². The first-order valence-corrected chi connectivity index (χ1v) is 9.40. The summed E-state index contributed by atoms with van der Waals surface area (Å²) in [6, 6.07) is 6.40. The Bertz CT molecular complexity index is 924. The average Bonchev–Trinajstić information content (AvgIpc) is 3.17. The molecule has 7 nitrogen and oxygen atoms in total. The van der Waals surface area contributed by atoms with Crippen LogP contribution in [0, 0.1) is 0 Å². The van der Waals surface area contributed by atoms with Crippen LogP contribution in [0.5, 0.6) is 5.88 Å². The highest BCUT2D eigenvalue weighted by Gasteiger charge is 2.23. The summed E-state index contributed by atoms with van der Waals surface area (Å²) < 4.78 is 13.8. The molecule has 27 heavy (non-hydrogen) atoms. The minimum Gasteiger partial charge on any atom is -0.474 e. The average molecular weight is 367 g/mol. The lowest BCUT2D eigenvalue weighted by Crippen LogP contribution is -2.49. The number of ether oxygens (including phenoxy) is 2. The van der Waals surface area contributed by atoms with Crippen LogP contribution in [-0.4, -0.2) is 51.7 Å². The van der Waals surface area contributed by atoms with Gasteiger partial charge in [-0.3, -0.25) is 9.67 Å². The molecule has 1 N–H and O–H groups in total. The number of fused-ring (bicyclic) bond motifs is 1. The fourth-order valence-corrected chi connectivity index (χ4v) is 3.18. The van der Waals surface area contributed by atoms with Gasteiger partial charge in [-0.1, -0.05) is 0 Å². The van der Waals surface area contributed by atoms with Gasteiger partial charge in [0.05, 0.1) is 29.4 Å². The van der Waals surface area contributed by atoms with E-state index in [0.717, 1.165) is 28.7 Å². The van der Waals surface area contributed by atoms with Crippen molar-refractivity contribution in [2.75, 3.05) is 19.8 Å². The highest BCUT2D eigenvalue weighted by atomic mass is 16.5. The number of aromatic nitrogens is 4. The third kappa shape index (κ3) is 3.79. The van der Waals surface area contributed by atoms with Crippen molar-refractivity contribution in [2.45, 2.75) is 39.0 Å². The Morgan fingerprint density at radius 2 is 2.30 bits per heavy atom. The van der Waals surface area contributed by atoms with Gasteiger partial charge < -0.3 is 14.8 Å². The van der Waals surface area contributed by atoms with E-state index in [9.17, 15) is 0 Å². The second-order valence-corrected chi connectivity index (χ2v) is 7.15. The minimum absolute atomic E-state index is 0.000353. The number of hydrogen-bond acceptors (Lipinski definition) is 6. The number of rotatable bonds is 5. The molecule has 7 heteroatoms. The maximum absolute atomic E-state index is 6.10. The van der Waals surface area contributed by atoms with Gasteiger partial charge in [-0.2, -0.15) is 5.10 Å². The summed E-state index contributed by atoms with van der Waals surface area (Å²) in [6.45, 7) is 8.32. The summed E-state index contributed by atoms with van der Waals surface area (Å²) in [7, 11) is 0. The van der Waals surface area contributed by atoms with Gasteiger partial charge in [0.1, 0.15) is 12.7 Å². The van der Waals surface area contributed by atoms with E-state index in [4.69, 9.17) is 14.5 Å². The van der Waals surface area contributed by atoms with E-state index < -0.39 is 0 Å². The number of hydrogen-bond donors (Lipinski definition) is 1. The SMILES string of the molecule is CC(C)n1cc(-c2cc3ncccc3c(OC[C@H]3OCCN[C@H]3C)n2)cn1. The molecular weight excluding hydrogens is 342 g/mol. The first kappa shape index (κ1) is 17.9. The molecule has 0 radical (unpaired) electrons. The number of pyridine rings is 2. The van der Waals surface area contributed by atoms with E-state index in [-0.39, 0.29) is 12.1 Å². The summed E-state index contributed by atoms with van der Waals surface area (Å²) in [5, 5.41) is 8.72. The van der Waals surface area contributed by atoms with Gasteiger partial charge in [-0.15, -0.1) is 0 Å². The van der Waals surface area contributed by atoms with Crippen LogP contribution in [0.4, 0.5) is 0 Å². The molecule has 0 spiro atoms. The van der Waals surface area contributed by atoms with Crippen molar-refractivity contribution < 1.29 is 9.47 Å². The van der Waals surface area contributed by atoms with Crippen molar-refractivity contribution in [1.82, 2.24) is 25.1 Å². The topological polar surface area (TPSA) is 74.1 Å². The molecule has 1 aliphatic heterocycles. The van der Waals surface area contributed by atoms with Crippen LogP contribution in [0.3, 0.4) is 0 Å². The molecule has 0 saturated carbocycles. The monoisotopic (exact) mass is 367 g/mol. The highest BCUT2D eigenvalue weighted by molar-refractivity contribution is 5.86. The first-order chi connectivity index (χ1) is 13.1. The van der Waals surface area contributed by atoms with E-state index in [0.29, 0.717) is 25.1 Å². The van der Waals surface area contributed by atoms with E-state index in [1.54, 1.807) is 6.20 Å². The molecule has 142 valence electrons. The van der Waals surface area contributed by atoms with Crippen molar-refractivity contribution in [2.24, 2.45) is 0 Å². The standard InChI is InChI=1S/C20H25N5O2/c1-13(2)25-11-15(10-23-25)17-9-18-16(5-4-6-22-18)20(24-17)27-12-19-14(3)21-7-8-26-19/h4-6,9-11,13-14,19,21H,7-8,12H2,1-3H3/t14-,19+/m0/s1. The normalized spacial score (nSPS) is 20.3. The second kappa shape index (κ2) is 7.62. The maximum Gasteiger partial charge on any atom is 0.223 e. The fraction of sp³-hybridized carbons (Fsp3) is 0.450. The van der Waals surface area contributed by atoms with Crippen molar-refractivity contribution in [3.8, 4) is 17.1 Å². The predicted octanol–water partition coefficient (Wildman–Crippen LogP) is 2.83.